The molecule has 1 heterocycles. The Morgan fingerprint density at radius 1 is 0.963 bits per heavy atom. The number of rotatable bonds is 4. The maximum atomic E-state index is 13.0. The molecule has 1 fully saturated rings. The fraction of sp³-hybridized carbons (Fsp3) is 0.304. The monoisotopic (exact) mass is 361 g/mol. The molecule has 140 valence electrons. The molecule has 0 spiro atoms. The molecule has 1 amide bonds. The maximum Gasteiger partial charge on any atom is 0.287 e. The highest BCUT2D eigenvalue weighted by Crippen LogP contribution is 2.32. The predicted molar refractivity (Wildman–Crippen MR) is 111 cm³/mol. The number of benzene rings is 2. The Morgan fingerprint density at radius 3 is 2.19 bits per heavy atom. The van der Waals surface area contributed by atoms with Gasteiger partial charge in [-0.3, -0.25) is 4.79 Å². The third-order valence-electron chi connectivity index (χ3n) is 5.33. The molecular weight excluding hydrogens is 334 g/mol. The van der Waals surface area contributed by atoms with E-state index in [1.165, 1.54) is 19.3 Å². The largest absolute Gasteiger partial charge is 0.347 e. The van der Waals surface area contributed by atoms with E-state index in [0.29, 0.717) is 5.82 Å². The normalized spacial score (nSPS) is 14.9. The first-order chi connectivity index (χ1) is 13.2. The van der Waals surface area contributed by atoms with Gasteiger partial charge in [0.2, 0.25) is 0 Å². The van der Waals surface area contributed by atoms with Crippen molar-refractivity contribution in [3.05, 3.63) is 66.5 Å². The molecule has 0 radical (unpaired) electrons. The molecule has 4 nitrogen and oxygen atoms in total. The second-order valence-electron chi connectivity index (χ2n) is 7.23. The van der Waals surface area contributed by atoms with Crippen LogP contribution in [0.25, 0.3) is 22.5 Å². The highest BCUT2D eigenvalue weighted by atomic mass is 16.2. The standard InChI is InChI=1S/C23H25N3O.H2/c1-26-21(18-13-7-3-8-14-18)20(17-11-5-2-6-12-17)25-22(26)23(27)24-19-15-9-4-10-16-19;/h2-3,5-8,11-14,19H,4,9-10,15-16H2,1H3,(H,24,27);1H. The lowest BCUT2D eigenvalue weighted by molar-refractivity contribution is 0.0914. The molecule has 27 heavy (non-hydrogen) atoms. The molecule has 4 heteroatoms. The van der Waals surface area contributed by atoms with Gasteiger partial charge in [0, 0.05) is 25.6 Å². The zero-order valence-corrected chi connectivity index (χ0v) is 15.7. The van der Waals surface area contributed by atoms with Gasteiger partial charge in [-0.15, -0.1) is 0 Å². The van der Waals surface area contributed by atoms with Crippen molar-refractivity contribution in [2.45, 2.75) is 38.1 Å². The molecule has 0 bridgehead atoms. The summed E-state index contributed by atoms with van der Waals surface area (Å²) in [5, 5.41) is 3.20. The molecule has 0 unspecified atom stereocenters. The van der Waals surface area contributed by atoms with Crippen molar-refractivity contribution < 1.29 is 6.22 Å². The summed E-state index contributed by atoms with van der Waals surface area (Å²) in [5.74, 6) is 0.391. The third kappa shape index (κ3) is 3.65. The Balaban J connectivity index is 0.00000225. The van der Waals surface area contributed by atoms with Crippen LogP contribution in [-0.4, -0.2) is 21.5 Å². The molecule has 0 aliphatic heterocycles. The second-order valence-corrected chi connectivity index (χ2v) is 7.23. The Kier molecular flexibility index (Phi) is 5.05. The van der Waals surface area contributed by atoms with Crippen LogP contribution in [0.1, 0.15) is 44.1 Å². The van der Waals surface area contributed by atoms with Gasteiger partial charge in [-0.2, -0.15) is 0 Å². The number of hydrogen-bond acceptors (Lipinski definition) is 2. The summed E-state index contributed by atoms with van der Waals surface area (Å²) >= 11 is 0. The highest BCUT2D eigenvalue weighted by molar-refractivity contribution is 5.94. The van der Waals surface area contributed by atoms with E-state index in [1.807, 2.05) is 60.1 Å². The Bertz CT molecular complexity index is 916. The van der Waals surface area contributed by atoms with Gasteiger partial charge in [0.05, 0.1) is 11.4 Å². The van der Waals surface area contributed by atoms with Crippen LogP contribution in [0.15, 0.2) is 60.7 Å². The molecule has 2 aromatic carbocycles. The number of amides is 1. The van der Waals surface area contributed by atoms with Crippen LogP contribution in [0.3, 0.4) is 0 Å². The smallest absolute Gasteiger partial charge is 0.287 e. The summed E-state index contributed by atoms with van der Waals surface area (Å²) < 4.78 is 1.93. The molecule has 1 aliphatic rings. The topological polar surface area (TPSA) is 46.9 Å². The van der Waals surface area contributed by atoms with Crippen LogP contribution in [0, 0.1) is 0 Å². The highest BCUT2D eigenvalue weighted by Gasteiger charge is 2.24. The van der Waals surface area contributed by atoms with Crippen molar-refractivity contribution in [1.82, 2.24) is 14.9 Å². The number of nitrogens with one attached hydrogen (secondary N) is 1. The lowest BCUT2D eigenvalue weighted by Crippen LogP contribution is -2.37. The number of aromatic nitrogens is 2. The quantitative estimate of drug-likeness (QED) is 0.706. The Morgan fingerprint density at radius 2 is 1.56 bits per heavy atom. The Labute approximate surface area is 161 Å². The summed E-state index contributed by atoms with van der Waals surface area (Å²) in [5.41, 5.74) is 3.89. The molecule has 3 aromatic rings. The van der Waals surface area contributed by atoms with Crippen LogP contribution in [0.2, 0.25) is 0 Å². The molecule has 0 atom stereocenters. The first-order valence-corrected chi connectivity index (χ1v) is 9.72. The van der Waals surface area contributed by atoms with Crippen LogP contribution >= 0.6 is 0 Å². The van der Waals surface area contributed by atoms with Gasteiger partial charge in [0.25, 0.3) is 5.91 Å². The molecule has 4 rings (SSSR count). The van der Waals surface area contributed by atoms with Gasteiger partial charge in [0.1, 0.15) is 0 Å². The summed E-state index contributed by atoms with van der Waals surface area (Å²) in [4.78, 5) is 17.7. The Hall–Kier alpha value is -2.88. The summed E-state index contributed by atoms with van der Waals surface area (Å²) in [6.07, 6.45) is 5.78. The zero-order chi connectivity index (χ0) is 18.6. The first kappa shape index (κ1) is 17.5. The van der Waals surface area contributed by atoms with E-state index in [1.54, 1.807) is 0 Å². The maximum absolute atomic E-state index is 13.0. The van der Waals surface area contributed by atoms with Crippen molar-refractivity contribution in [3.8, 4) is 22.5 Å². The van der Waals surface area contributed by atoms with E-state index in [4.69, 9.17) is 4.98 Å². The van der Waals surface area contributed by atoms with E-state index >= 15 is 0 Å². The van der Waals surface area contributed by atoms with E-state index in [9.17, 15) is 4.79 Å². The van der Waals surface area contributed by atoms with Crippen molar-refractivity contribution in [2.75, 3.05) is 0 Å². The summed E-state index contributed by atoms with van der Waals surface area (Å²) in [7, 11) is 1.93. The minimum atomic E-state index is -0.0798. The second kappa shape index (κ2) is 7.78. The lowest BCUT2D eigenvalue weighted by Gasteiger charge is -2.22. The third-order valence-corrected chi connectivity index (χ3v) is 5.33. The van der Waals surface area contributed by atoms with Crippen LogP contribution in [0.4, 0.5) is 0 Å². The van der Waals surface area contributed by atoms with E-state index < -0.39 is 0 Å². The van der Waals surface area contributed by atoms with Gasteiger partial charge < -0.3 is 9.88 Å². The first-order valence-electron chi connectivity index (χ1n) is 9.72. The van der Waals surface area contributed by atoms with Gasteiger partial charge in [-0.1, -0.05) is 79.9 Å². The van der Waals surface area contributed by atoms with E-state index in [0.717, 1.165) is 35.4 Å². The van der Waals surface area contributed by atoms with Crippen LogP contribution < -0.4 is 5.32 Å². The molecule has 0 saturated heterocycles. The number of carbonyl (C=O) groups excluding carboxylic acids is 1. The van der Waals surface area contributed by atoms with Crippen molar-refractivity contribution in [3.63, 3.8) is 0 Å². The zero-order valence-electron chi connectivity index (χ0n) is 15.7. The van der Waals surface area contributed by atoms with Gasteiger partial charge in [-0.05, 0) is 12.8 Å². The average molecular weight is 361 g/mol. The average Bonchev–Trinajstić information content (AvgIpc) is 3.07. The number of hydrogen-bond donors (Lipinski definition) is 1. The number of nitrogens with zero attached hydrogens (tertiary/aromatic N) is 2. The van der Waals surface area contributed by atoms with Crippen LogP contribution in [0.5, 0.6) is 0 Å². The summed E-state index contributed by atoms with van der Waals surface area (Å²) in [6, 6.07) is 20.5. The minimum absolute atomic E-state index is 0. The fourth-order valence-electron chi connectivity index (χ4n) is 3.92. The van der Waals surface area contributed by atoms with Gasteiger partial charge >= 0.3 is 0 Å². The van der Waals surface area contributed by atoms with Gasteiger partial charge in [-0.25, -0.2) is 4.98 Å². The van der Waals surface area contributed by atoms with E-state index in [-0.39, 0.29) is 13.4 Å². The number of imidazole rings is 1. The fourth-order valence-corrected chi connectivity index (χ4v) is 3.92. The van der Waals surface area contributed by atoms with Crippen molar-refractivity contribution in [2.24, 2.45) is 7.05 Å². The van der Waals surface area contributed by atoms with Crippen LogP contribution in [-0.2, 0) is 7.05 Å². The summed E-state index contributed by atoms with van der Waals surface area (Å²) in [6.45, 7) is 0. The molecule has 1 aromatic heterocycles. The molecular formula is C23H27N3O. The van der Waals surface area contributed by atoms with E-state index in [2.05, 4.69) is 17.4 Å². The molecule has 1 N–H and O–H groups in total. The SMILES string of the molecule is Cn1c(C(=O)NC2CCCCC2)nc(-c2ccccc2)c1-c1ccccc1.[HH]. The van der Waals surface area contributed by atoms with Gasteiger partial charge in [0.15, 0.2) is 5.82 Å². The molecule has 1 aliphatic carbocycles. The molecule has 1 saturated carbocycles. The van der Waals surface area contributed by atoms with Crippen molar-refractivity contribution >= 4 is 5.91 Å². The lowest BCUT2D eigenvalue weighted by atomic mass is 9.95. The minimum Gasteiger partial charge on any atom is -0.347 e. The number of carbonyl (C=O) groups is 1. The predicted octanol–water partition coefficient (Wildman–Crippen LogP) is 5.06. The van der Waals surface area contributed by atoms with Crippen molar-refractivity contribution in [1.29, 1.82) is 0 Å².